The van der Waals surface area contributed by atoms with E-state index in [0.717, 1.165) is 21.2 Å². The smallest absolute Gasteiger partial charge is 0.158 e. The van der Waals surface area contributed by atoms with Crippen molar-refractivity contribution in [3.05, 3.63) is 40.7 Å². The molecule has 0 atom stereocenters. The van der Waals surface area contributed by atoms with Gasteiger partial charge in [-0.25, -0.2) is 9.37 Å². The van der Waals surface area contributed by atoms with Gasteiger partial charge < -0.3 is 0 Å². The highest BCUT2D eigenvalue weighted by atomic mass is 35.5. The Morgan fingerprint density at radius 2 is 2.23 bits per heavy atom. The van der Waals surface area contributed by atoms with Crippen LogP contribution in [0.15, 0.2) is 34.8 Å². The zero-order valence-corrected chi connectivity index (χ0v) is 13.7. The highest BCUT2D eigenvalue weighted by molar-refractivity contribution is 7.98. The fourth-order valence-corrected chi connectivity index (χ4v) is 4.29. The van der Waals surface area contributed by atoms with E-state index in [4.69, 9.17) is 11.6 Å². The second kappa shape index (κ2) is 5.22. The van der Waals surface area contributed by atoms with Crippen molar-refractivity contribution in [2.75, 3.05) is 6.26 Å². The van der Waals surface area contributed by atoms with Gasteiger partial charge in [-0.2, -0.15) is 5.10 Å². The molecule has 2 aromatic heterocycles. The number of nitrogens with one attached hydrogen (secondary N) is 1. The lowest BCUT2D eigenvalue weighted by atomic mass is 10.0. The van der Waals surface area contributed by atoms with E-state index >= 15 is 0 Å². The molecule has 0 unspecified atom stereocenters. The van der Waals surface area contributed by atoms with Gasteiger partial charge in [0, 0.05) is 10.9 Å². The maximum atomic E-state index is 14.6. The normalized spacial score (nSPS) is 11.6. The first kappa shape index (κ1) is 14.0. The summed E-state index contributed by atoms with van der Waals surface area (Å²) in [6, 6.07) is 5.82. The third kappa shape index (κ3) is 1.95. The maximum Gasteiger partial charge on any atom is 0.158 e. The molecule has 3 nitrogen and oxygen atoms in total. The van der Waals surface area contributed by atoms with Crippen molar-refractivity contribution in [2.24, 2.45) is 0 Å². The fraction of sp³-hybridized carbons (Fsp3) is 0.0667. The molecule has 0 saturated carbocycles. The molecular weight excluding hydrogens is 341 g/mol. The molecule has 7 heteroatoms. The number of nitrogens with zero attached hydrogens (tertiary/aromatic N) is 2. The molecule has 22 heavy (non-hydrogen) atoms. The summed E-state index contributed by atoms with van der Waals surface area (Å²) in [7, 11) is 0. The molecule has 0 radical (unpaired) electrons. The molecule has 0 saturated heterocycles. The second-order valence-electron chi connectivity index (χ2n) is 4.73. The Balaban J connectivity index is 2.09. The van der Waals surface area contributed by atoms with Crippen LogP contribution in [-0.2, 0) is 0 Å². The Morgan fingerprint density at radius 3 is 3.05 bits per heavy atom. The molecule has 0 amide bonds. The van der Waals surface area contributed by atoms with Crippen molar-refractivity contribution in [3.8, 4) is 11.1 Å². The SMILES string of the molecule is CSc1c(F)c(Cl)c(-c2ccc3ncsc3c2)c2cn[nH]c12. The molecule has 0 fully saturated rings. The number of fused-ring (bicyclic) bond motifs is 2. The summed E-state index contributed by atoms with van der Waals surface area (Å²) in [5, 5.41) is 7.87. The number of hydrogen-bond donors (Lipinski definition) is 1. The predicted molar refractivity (Wildman–Crippen MR) is 91.5 cm³/mol. The topological polar surface area (TPSA) is 41.6 Å². The summed E-state index contributed by atoms with van der Waals surface area (Å²) in [6.07, 6.45) is 3.50. The molecule has 0 aliphatic heterocycles. The van der Waals surface area contributed by atoms with Crippen molar-refractivity contribution in [2.45, 2.75) is 4.90 Å². The van der Waals surface area contributed by atoms with Crippen molar-refractivity contribution < 1.29 is 4.39 Å². The summed E-state index contributed by atoms with van der Waals surface area (Å²) in [4.78, 5) is 4.75. The average Bonchev–Trinajstić information content (AvgIpc) is 3.17. The number of H-pyrrole nitrogens is 1. The number of aromatic amines is 1. The molecule has 4 aromatic rings. The summed E-state index contributed by atoms with van der Waals surface area (Å²) in [6.45, 7) is 0. The standard InChI is InChI=1S/C15H9ClFN3S2/c1-21-15-13(17)12(16)11(8-5-19-20-14(8)15)7-2-3-9-10(4-7)22-6-18-9/h2-6H,1H3,(H,19,20). The predicted octanol–water partition coefficient (Wildman–Crippen LogP) is 5.35. The fourth-order valence-electron chi connectivity index (χ4n) is 2.57. The lowest BCUT2D eigenvalue weighted by Gasteiger charge is -2.11. The number of aromatic nitrogens is 3. The minimum absolute atomic E-state index is 0.127. The van der Waals surface area contributed by atoms with Gasteiger partial charge in [-0.15, -0.1) is 23.1 Å². The molecule has 0 aliphatic carbocycles. The number of thioether (sulfide) groups is 1. The van der Waals surface area contributed by atoms with Crippen LogP contribution in [0.4, 0.5) is 4.39 Å². The number of halogens is 2. The van der Waals surface area contributed by atoms with Crippen LogP contribution in [0.25, 0.3) is 32.2 Å². The number of rotatable bonds is 2. The van der Waals surface area contributed by atoms with Crippen molar-refractivity contribution in [1.82, 2.24) is 15.2 Å². The summed E-state index contributed by atoms with van der Waals surface area (Å²) >= 11 is 9.19. The van der Waals surface area contributed by atoms with Gasteiger partial charge >= 0.3 is 0 Å². The van der Waals surface area contributed by atoms with E-state index in [-0.39, 0.29) is 5.02 Å². The Hall–Kier alpha value is -1.63. The largest absolute Gasteiger partial charge is 0.277 e. The molecule has 4 rings (SSSR count). The Morgan fingerprint density at radius 1 is 1.36 bits per heavy atom. The number of benzene rings is 2. The summed E-state index contributed by atoms with van der Waals surface area (Å²) < 4.78 is 15.6. The van der Waals surface area contributed by atoms with Gasteiger partial charge in [0.05, 0.1) is 37.4 Å². The molecule has 2 aromatic carbocycles. The van der Waals surface area contributed by atoms with Crippen molar-refractivity contribution in [3.63, 3.8) is 0 Å². The van der Waals surface area contributed by atoms with Crippen LogP contribution in [0.1, 0.15) is 0 Å². The van der Waals surface area contributed by atoms with Crippen LogP contribution < -0.4 is 0 Å². The quantitative estimate of drug-likeness (QED) is 0.496. The van der Waals surface area contributed by atoms with Gasteiger partial charge in [0.25, 0.3) is 0 Å². The summed E-state index contributed by atoms with van der Waals surface area (Å²) in [5.74, 6) is -0.412. The van der Waals surface area contributed by atoms with Gasteiger partial charge in [0.1, 0.15) is 0 Å². The molecule has 1 N–H and O–H groups in total. The highest BCUT2D eigenvalue weighted by Gasteiger charge is 2.20. The first-order valence-electron chi connectivity index (χ1n) is 6.42. The minimum atomic E-state index is -0.412. The molecule has 110 valence electrons. The van der Waals surface area contributed by atoms with Gasteiger partial charge in [-0.3, -0.25) is 5.10 Å². The van der Waals surface area contributed by atoms with Crippen LogP contribution in [0.2, 0.25) is 5.02 Å². The average molecular weight is 350 g/mol. The van der Waals surface area contributed by atoms with Crippen LogP contribution in [0, 0.1) is 5.82 Å². The van der Waals surface area contributed by atoms with Gasteiger partial charge in [0.15, 0.2) is 5.82 Å². The Kier molecular flexibility index (Phi) is 3.32. The first-order chi connectivity index (χ1) is 10.7. The van der Waals surface area contributed by atoms with E-state index in [1.54, 1.807) is 23.0 Å². The molecular formula is C15H9ClFN3S2. The number of thiazole rings is 1. The van der Waals surface area contributed by atoms with Crippen LogP contribution in [-0.4, -0.2) is 21.4 Å². The van der Waals surface area contributed by atoms with Crippen LogP contribution >= 0.6 is 34.7 Å². The van der Waals surface area contributed by atoms with E-state index in [9.17, 15) is 4.39 Å². The van der Waals surface area contributed by atoms with Gasteiger partial charge in [-0.05, 0) is 24.0 Å². The lowest BCUT2D eigenvalue weighted by molar-refractivity contribution is 0.606. The lowest BCUT2D eigenvalue weighted by Crippen LogP contribution is -1.91. The Labute approximate surface area is 138 Å². The minimum Gasteiger partial charge on any atom is -0.277 e. The Bertz CT molecular complexity index is 1010. The zero-order valence-electron chi connectivity index (χ0n) is 11.4. The highest BCUT2D eigenvalue weighted by Crippen LogP contribution is 2.42. The van der Waals surface area contributed by atoms with Gasteiger partial charge in [0.2, 0.25) is 0 Å². The van der Waals surface area contributed by atoms with Crippen LogP contribution in [0.5, 0.6) is 0 Å². The number of hydrogen-bond acceptors (Lipinski definition) is 4. The van der Waals surface area contributed by atoms with E-state index < -0.39 is 5.82 Å². The van der Waals surface area contributed by atoms with Crippen LogP contribution in [0.3, 0.4) is 0 Å². The third-order valence-corrected chi connectivity index (χ3v) is 5.51. The summed E-state index contributed by atoms with van der Waals surface area (Å²) in [5.41, 5.74) is 4.92. The third-order valence-electron chi connectivity index (χ3n) is 3.57. The second-order valence-corrected chi connectivity index (χ2v) is 6.81. The van der Waals surface area contributed by atoms with E-state index in [0.29, 0.717) is 16.0 Å². The zero-order chi connectivity index (χ0) is 15.3. The van der Waals surface area contributed by atoms with Gasteiger partial charge in [-0.1, -0.05) is 17.7 Å². The molecule has 0 bridgehead atoms. The van der Waals surface area contributed by atoms with E-state index in [1.807, 2.05) is 24.5 Å². The molecule has 0 spiro atoms. The monoisotopic (exact) mass is 349 g/mol. The van der Waals surface area contributed by atoms with Crippen molar-refractivity contribution in [1.29, 1.82) is 0 Å². The molecule has 0 aliphatic rings. The van der Waals surface area contributed by atoms with E-state index in [2.05, 4.69) is 15.2 Å². The molecule has 2 heterocycles. The van der Waals surface area contributed by atoms with E-state index in [1.165, 1.54) is 11.8 Å². The first-order valence-corrected chi connectivity index (χ1v) is 8.90. The van der Waals surface area contributed by atoms with Crippen molar-refractivity contribution >= 4 is 55.8 Å². The maximum absolute atomic E-state index is 14.6.